The zero-order valence-corrected chi connectivity index (χ0v) is 19.5. The normalized spacial score (nSPS) is 16.9. The van der Waals surface area contributed by atoms with Gasteiger partial charge in [0, 0.05) is 47.5 Å². The maximum absolute atomic E-state index is 12.6. The number of nitrogens with one attached hydrogen (secondary N) is 3. The van der Waals surface area contributed by atoms with E-state index in [9.17, 15) is 9.59 Å². The summed E-state index contributed by atoms with van der Waals surface area (Å²) < 4.78 is 0. The van der Waals surface area contributed by atoms with Gasteiger partial charge in [0.1, 0.15) is 0 Å². The first-order valence-electron chi connectivity index (χ1n) is 9.71. The lowest BCUT2D eigenvalue weighted by molar-refractivity contribution is 0.103. The summed E-state index contributed by atoms with van der Waals surface area (Å²) in [5.41, 5.74) is 2.87. The highest BCUT2D eigenvalue weighted by Crippen LogP contribution is 2.31. The smallest absolute Gasteiger partial charge is 0.319 e. The summed E-state index contributed by atoms with van der Waals surface area (Å²) in [5.74, 6) is 0.828. The van der Waals surface area contributed by atoms with Gasteiger partial charge in [-0.1, -0.05) is 48.5 Å². The van der Waals surface area contributed by atoms with Crippen molar-refractivity contribution in [1.29, 1.82) is 0 Å². The van der Waals surface area contributed by atoms with E-state index in [1.54, 1.807) is 54.4 Å². The van der Waals surface area contributed by atoms with Gasteiger partial charge in [-0.25, -0.2) is 4.79 Å². The topological polar surface area (TPSA) is 83.1 Å². The number of rotatable bonds is 6. The molecule has 32 heavy (non-hydrogen) atoms. The largest absolute Gasteiger partial charge is 0.336 e. The summed E-state index contributed by atoms with van der Waals surface area (Å²) >= 11 is 1.80. The van der Waals surface area contributed by atoms with Crippen LogP contribution in [0.1, 0.15) is 26.9 Å². The van der Waals surface area contributed by atoms with Crippen LogP contribution < -0.4 is 16.0 Å². The zero-order valence-electron chi connectivity index (χ0n) is 17.1. The molecular weight excluding hydrogens is 467 g/mol. The minimum Gasteiger partial charge on any atom is -0.336 e. The molecule has 1 saturated heterocycles. The molecule has 3 aromatic rings. The van der Waals surface area contributed by atoms with E-state index in [1.165, 1.54) is 0 Å². The zero-order chi connectivity index (χ0) is 20.8. The second-order valence-electron chi connectivity index (χ2n) is 6.97. The van der Waals surface area contributed by atoms with Crippen LogP contribution in [-0.2, 0) is 0 Å². The van der Waals surface area contributed by atoms with Gasteiger partial charge in [-0.2, -0.15) is 0 Å². The number of amides is 2. The molecule has 2 aromatic carbocycles. The molecule has 1 fully saturated rings. The molecule has 1 aliphatic rings. The van der Waals surface area contributed by atoms with Crippen molar-refractivity contribution in [2.24, 2.45) is 0 Å². The van der Waals surface area contributed by atoms with Gasteiger partial charge < -0.3 is 10.6 Å². The molecule has 2 atom stereocenters. The highest BCUT2D eigenvalue weighted by atomic mass is 35.5. The summed E-state index contributed by atoms with van der Waals surface area (Å²) in [6, 6.07) is 19.9. The van der Waals surface area contributed by atoms with Crippen LogP contribution in [0.3, 0.4) is 0 Å². The van der Waals surface area contributed by atoms with Crippen LogP contribution >= 0.6 is 36.6 Å². The van der Waals surface area contributed by atoms with E-state index >= 15 is 0 Å². The van der Waals surface area contributed by atoms with Gasteiger partial charge in [0.15, 0.2) is 5.78 Å². The number of carbonyl (C=O) groups excluding carboxylic acids is 2. The monoisotopic (exact) mass is 490 g/mol. The molecule has 1 aromatic heterocycles. The number of carbonyl (C=O) groups is 2. The lowest BCUT2D eigenvalue weighted by Crippen LogP contribution is -2.41. The van der Waals surface area contributed by atoms with Gasteiger partial charge in [-0.3, -0.25) is 15.1 Å². The Labute approximate surface area is 203 Å². The highest BCUT2D eigenvalue weighted by molar-refractivity contribution is 7.99. The highest BCUT2D eigenvalue weighted by Gasteiger charge is 2.25. The first kappa shape index (κ1) is 25.7. The van der Waals surface area contributed by atoms with Crippen molar-refractivity contribution in [3.63, 3.8) is 0 Å². The second kappa shape index (κ2) is 12.5. The first-order valence-corrected chi connectivity index (χ1v) is 10.8. The number of benzene rings is 2. The van der Waals surface area contributed by atoms with E-state index in [4.69, 9.17) is 0 Å². The molecular formula is C23H24Cl2N4O2S. The Balaban J connectivity index is 0.00000181. The average Bonchev–Trinajstić information content (AvgIpc) is 3.28. The molecule has 2 unspecified atom stereocenters. The molecule has 2 heterocycles. The van der Waals surface area contributed by atoms with Gasteiger partial charge in [-0.15, -0.1) is 36.6 Å². The second-order valence-corrected chi connectivity index (χ2v) is 8.11. The van der Waals surface area contributed by atoms with E-state index in [0.717, 1.165) is 11.3 Å². The van der Waals surface area contributed by atoms with Crippen LogP contribution in [0.4, 0.5) is 10.5 Å². The predicted molar refractivity (Wildman–Crippen MR) is 134 cm³/mol. The minimum atomic E-state index is -0.295. The molecule has 6 nitrogen and oxygen atoms in total. The van der Waals surface area contributed by atoms with E-state index in [2.05, 4.69) is 20.9 Å². The fourth-order valence-corrected chi connectivity index (χ4v) is 4.51. The molecule has 0 bridgehead atoms. The van der Waals surface area contributed by atoms with Gasteiger partial charge in [0.05, 0.1) is 5.37 Å². The summed E-state index contributed by atoms with van der Waals surface area (Å²) in [5, 5.41) is 9.40. The van der Waals surface area contributed by atoms with Crippen molar-refractivity contribution in [2.45, 2.75) is 11.4 Å². The fraction of sp³-hybridized carbons (Fsp3) is 0.174. The third kappa shape index (κ3) is 6.71. The number of ketones is 1. The van der Waals surface area contributed by atoms with E-state index < -0.39 is 0 Å². The maximum atomic E-state index is 12.6. The number of hydrogen-bond acceptors (Lipinski definition) is 5. The SMILES string of the molecule is Cl.Cl.O=C(NCC1CSC(c2cccnc2)N1)Nc1cccc(C(=O)c2ccccc2)c1. The molecule has 168 valence electrons. The van der Waals surface area contributed by atoms with Crippen molar-refractivity contribution in [2.75, 3.05) is 17.6 Å². The number of hydrogen-bond donors (Lipinski definition) is 3. The van der Waals surface area contributed by atoms with Crippen LogP contribution in [0.5, 0.6) is 0 Å². The van der Waals surface area contributed by atoms with E-state index in [1.807, 2.05) is 36.5 Å². The van der Waals surface area contributed by atoms with Gasteiger partial charge in [-0.05, 0) is 23.8 Å². The Morgan fingerprint density at radius 2 is 1.78 bits per heavy atom. The summed E-state index contributed by atoms with van der Waals surface area (Å²) in [6.45, 7) is 0.512. The molecule has 0 radical (unpaired) electrons. The van der Waals surface area contributed by atoms with Crippen molar-refractivity contribution in [3.8, 4) is 0 Å². The molecule has 4 rings (SSSR count). The van der Waals surface area contributed by atoms with Crippen LogP contribution in [0.15, 0.2) is 79.1 Å². The third-order valence-corrected chi connectivity index (χ3v) is 6.10. The van der Waals surface area contributed by atoms with Crippen LogP contribution in [-0.4, -0.2) is 35.1 Å². The number of thioether (sulfide) groups is 1. The number of aromatic nitrogens is 1. The average molecular weight is 491 g/mol. The molecule has 0 aliphatic carbocycles. The fourth-order valence-electron chi connectivity index (χ4n) is 3.25. The van der Waals surface area contributed by atoms with Crippen molar-refractivity contribution in [3.05, 3.63) is 95.8 Å². The molecule has 1 aliphatic heterocycles. The Hall–Kier alpha value is -2.58. The molecule has 0 saturated carbocycles. The standard InChI is InChI=1S/C23H22N4O2S.2ClH/c28-21(16-6-2-1-3-7-16)17-8-4-10-19(12-17)27-23(29)25-14-20-15-30-22(26-20)18-9-5-11-24-13-18;;/h1-13,20,22,26H,14-15H2,(H2,25,27,29);2*1H. The molecule has 9 heteroatoms. The first-order chi connectivity index (χ1) is 14.7. The Morgan fingerprint density at radius 1 is 1.00 bits per heavy atom. The van der Waals surface area contributed by atoms with E-state index in [-0.39, 0.29) is 48.0 Å². The maximum Gasteiger partial charge on any atom is 0.319 e. The number of halogens is 2. The lowest BCUT2D eigenvalue weighted by atomic mass is 10.0. The summed E-state index contributed by atoms with van der Waals surface area (Å²) in [7, 11) is 0. The Bertz CT molecular complexity index is 1020. The number of urea groups is 1. The van der Waals surface area contributed by atoms with Gasteiger partial charge in [0.25, 0.3) is 0 Å². The summed E-state index contributed by atoms with van der Waals surface area (Å²) in [6.07, 6.45) is 3.62. The van der Waals surface area contributed by atoms with E-state index in [0.29, 0.717) is 23.4 Å². The van der Waals surface area contributed by atoms with Crippen LogP contribution in [0, 0.1) is 0 Å². The van der Waals surface area contributed by atoms with Crippen LogP contribution in [0.25, 0.3) is 0 Å². The van der Waals surface area contributed by atoms with Crippen molar-refractivity contribution < 1.29 is 9.59 Å². The lowest BCUT2D eigenvalue weighted by Gasteiger charge is -2.14. The quantitative estimate of drug-likeness (QED) is 0.436. The number of anilines is 1. The third-order valence-electron chi connectivity index (χ3n) is 4.77. The molecule has 0 spiro atoms. The van der Waals surface area contributed by atoms with Crippen LogP contribution in [0.2, 0.25) is 0 Å². The van der Waals surface area contributed by atoms with Gasteiger partial charge in [0.2, 0.25) is 0 Å². The Morgan fingerprint density at radius 3 is 2.53 bits per heavy atom. The molecule has 2 amide bonds. The predicted octanol–water partition coefficient (Wildman–Crippen LogP) is 4.68. The number of pyridine rings is 1. The molecule has 3 N–H and O–H groups in total. The van der Waals surface area contributed by atoms with Gasteiger partial charge >= 0.3 is 6.03 Å². The van der Waals surface area contributed by atoms with Crippen molar-refractivity contribution in [1.82, 2.24) is 15.6 Å². The minimum absolute atomic E-state index is 0. The Kier molecular flexibility index (Phi) is 9.99. The summed E-state index contributed by atoms with van der Waals surface area (Å²) in [4.78, 5) is 29.1. The number of nitrogens with zero attached hydrogens (tertiary/aromatic N) is 1. The van der Waals surface area contributed by atoms with Crippen molar-refractivity contribution >= 4 is 54.1 Å².